The van der Waals surface area contributed by atoms with Gasteiger partial charge in [0.15, 0.2) is 0 Å². The van der Waals surface area contributed by atoms with Crippen LogP contribution >= 0.6 is 0 Å². The van der Waals surface area contributed by atoms with Gasteiger partial charge in [0, 0.05) is 0 Å². The number of thiocyanates is 2. The molecule has 0 heterocycles. The van der Waals surface area contributed by atoms with Crippen LogP contribution in [0.3, 0.4) is 0 Å². The number of hydrogen-bond donors (Lipinski definition) is 0. The van der Waals surface area contributed by atoms with Gasteiger partial charge in [-0.05, 0) is 0 Å². The minimum absolute atomic E-state index is 0. The van der Waals surface area contributed by atoms with E-state index in [4.69, 9.17) is 10.5 Å². The Morgan fingerprint density at radius 1 is 1.00 bits per heavy atom. The van der Waals surface area contributed by atoms with Gasteiger partial charge >= 0.3 is 36.5 Å². The molecule has 0 N–H and O–H groups in total. The zero-order chi connectivity index (χ0) is 5.41. The second-order valence-corrected chi connectivity index (χ2v) is 0.548. The van der Waals surface area contributed by atoms with Crippen molar-refractivity contribution >= 4 is 25.3 Å². The molecule has 0 atom stereocenters. The third kappa shape index (κ3) is 1330. The summed E-state index contributed by atoms with van der Waals surface area (Å²) < 4.78 is 0. The molecule has 0 aliphatic rings. The second kappa shape index (κ2) is 75.8. The largest absolute Gasteiger partial charge is 2.00 e. The van der Waals surface area contributed by atoms with E-state index in [1.54, 1.807) is 0 Å². The summed E-state index contributed by atoms with van der Waals surface area (Å²) in [7, 11) is 0. The molecule has 0 aliphatic heterocycles. The van der Waals surface area contributed by atoms with Crippen molar-refractivity contribution in [3.8, 4) is 10.8 Å². The molecule has 0 aliphatic carbocycles. The topological polar surface area (TPSA) is 76.1 Å². The maximum Gasteiger partial charge on any atom is 2.00 e. The van der Waals surface area contributed by atoms with Gasteiger partial charge in [-0.25, -0.2) is 10.5 Å². The van der Waals surface area contributed by atoms with E-state index in [-0.39, 0.29) is 42.0 Å². The van der Waals surface area contributed by atoms with E-state index in [1.165, 1.54) is 10.8 Å². The Bertz CT molecular complexity index is 77.5. The van der Waals surface area contributed by atoms with Crippen LogP contribution in [0.2, 0.25) is 0 Å². The molecule has 0 aromatic carbocycles. The molecule has 0 saturated heterocycles. The average Bonchev–Trinajstić information content (AvgIpc) is 1.39. The summed E-state index contributed by atoms with van der Waals surface area (Å²) in [6.07, 6.45) is 0. The first-order valence-electron chi connectivity index (χ1n) is 0.855. The van der Waals surface area contributed by atoms with E-state index in [2.05, 4.69) is 25.3 Å². The van der Waals surface area contributed by atoms with Crippen molar-refractivity contribution in [2.75, 3.05) is 0 Å². The Kier molecular flexibility index (Phi) is 285. The van der Waals surface area contributed by atoms with Crippen LogP contribution in [-0.2, 0) is 67.3 Å². The van der Waals surface area contributed by atoms with Crippen LogP contribution in [0.25, 0.3) is 0 Å². The van der Waals surface area contributed by atoms with E-state index < -0.39 is 0 Å². The molecule has 0 unspecified atom stereocenters. The zero-order valence-corrected chi connectivity index (χ0v) is 9.67. The maximum atomic E-state index is 7.13. The normalized spacial score (nSPS) is 1.56. The van der Waals surface area contributed by atoms with Crippen LogP contribution in [0.4, 0.5) is 0 Å². The van der Waals surface area contributed by atoms with Crippen LogP contribution in [0.1, 0.15) is 0 Å². The van der Waals surface area contributed by atoms with E-state index in [0.29, 0.717) is 0 Å². The van der Waals surface area contributed by atoms with Crippen LogP contribution in [0.5, 0.6) is 0 Å². The molecule has 0 rings (SSSR count). The van der Waals surface area contributed by atoms with Gasteiger partial charge < -0.3 is 30.7 Å². The van der Waals surface area contributed by atoms with E-state index in [9.17, 15) is 0 Å². The van der Waals surface area contributed by atoms with Gasteiger partial charge in [-0.1, -0.05) is 10.8 Å². The molecular formula is C2CuN2OS2Zn. The Labute approximate surface area is 88.2 Å². The molecule has 0 amide bonds. The molecule has 1 radical (unpaired) electrons. The predicted octanol–water partition coefficient (Wildman–Crippen LogP) is -0.0950. The van der Waals surface area contributed by atoms with Gasteiger partial charge in [0.2, 0.25) is 0 Å². The molecule has 0 bridgehead atoms. The van der Waals surface area contributed by atoms with Crippen LogP contribution in [0.15, 0.2) is 0 Å². The molecular weight excluding hydrogens is 261 g/mol. The van der Waals surface area contributed by atoms with Crippen molar-refractivity contribution in [1.82, 2.24) is 0 Å². The summed E-state index contributed by atoms with van der Waals surface area (Å²) in [4.78, 5) is 0. The summed E-state index contributed by atoms with van der Waals surface area (Å²) in [6.45, 7) is 0. The van der Waals surface area contributed by atoms with Crippen molar-refractivity contribution in [1.29, 1.82) is 10.5 Å². The zero-order valence-electron chi connectivity index (χ0n) is 4.13. The van der Waals surface area contributed by atoms with Crippen LogP contribution in [0, 0.1) is 21.3 Å². The first-order valence-corrected chi connectivity index (χ1v) is 1.67. The summed E-state index contributed by atoms with van der Waals surface area (Å²) in [5.41, 5.74) is 0. The van der Waals surface area contributed by atoms with Gasteiger partial charge in [0.25, 0.3) is 0 Å². The van der Waals surface area contributed by atoms with E-state index >= 15 is 0 Å². The van der Waals surface area contributed by atoms with Crippen LogP contribution < -0.4 is 0 Å². The smallest absolute Gasteiger partial charge is 2.00 e. The Hall–Kier alpha value is 0.523. The third-order valence-corrected chi connectivity index (χ3v) is 0. The maximum absolute atomic E-state index is 7.13. The Morgan fingerprint density at radius 3 is 1.00 bits per heavy atom. The van der Waals surface area contributed by atoms with Gasteiger partial charge in [-0.15, -0.1) is 0 Å². The minimum atomic E-state index is 0. The summed E-state index contributed by atoms with van der Waals surface area (Å²) >= 11 is 7.40. The molecule has 7 heteroatoms. The van der Waals surface area contributed by atoms with Gasteiger partial charge in [-0.3, -0.25) is 0 Å². The average molecular weight is 261 g/mol. The molecule has 0 spiro atoms. The van der Waals surface area contributed by atoms with E-state index in [1.807, 2.05) is 0 Å². The monoisotopic (exact) mass is 259 g/mol. The SMILES string of the molecule is N#C[S-].N#C[S-].[Cu+2].[O-2].[Zn+2]. The Balaban J connectivity index is -0.00000000889. The fraction of sp³-hybridized carbons (Fsp3) is 0. The summed E-state index contributed by atoms with van der Waals surface area (Å²) in [6, 6.07) is 0. The predicted molar refractivity (Wildman–Crippen MR) is 26.6 cm³/mol. The summed E-state index contributed by atoms with van der Waals surface area (Å²) in [5.74, 6) is 0. The Morgan fingerprint density at radius 2 is 1.00 bits per heavy atom. The van der Waals surface area contributed by atoms with E-state index in [0.717, 1.165) is 0 Å². The number of rotatable bonds is 0. The number of nitriles is 2. The first-order chi connectivity index (χ1) is 2.83. The number of nitrogens with zero attached hydrogens (tertiary/aromatic N) is 2. The molecule has 0 aromatic rings. The molecule has 3 nitrogen and oxygen atoms in total. The van der Waals surface area contributed by atoms with Gasteiger partial charge in [-0.2, -0.15) is 0 Å². The molecule has 49 valence electrons. The van der Waals surface area contributed by atoms with Gasteiger partial charge in [0.05, 0.1) is 0 Å². The number of hydrogen-bond acceptors (Lipinski definition) is 4. The van der Waals surface area contributed by atoms with Crippen molar-refractivity contribution in [3.63, 3.8) is 0 Å². The van der Waals surface area contributed by atoms with Crippen molar-refractivity contribution in [3.05, 3.63) is 0 Å². The minimum Gasteiger partial charge on any atom is -2.00 e. The molecule has 0 saturated carbocycles. The molecule has 9 heavy (non-hydrogen) atoms. The fourth-order valence-corrected chi connectivity index (χ4v) is 0. The van der Waals surface area contributed by atoms with Crippen LogP contribution in [-0.4, -0.2) is 0 Å². The summed E-state index contributed by atoms with van der Waals surface area (Å²) in [5, 5.41) is 16.9. The fourth-order valence-electron chi connectivity index (χ4n) is 0. The third-order valence-electron chi connectivity index (χ3n) is 0. The second-order valence-electron chi connectivity index (χ2n) is 0.183. The van der Waals surface area contributed by atoms with Crippen molar-refractivity contribution in [2.45, 2.75) is 0 Å². The quantitative estimate of drug-likeness (QED) is 0.347. The van der Waals surface area contributed by atoms with Crippen molar-refractivity contribution in [2.24, 2.45) is 0 Å². The first kappa shape index (κ1) is 33.8. The van der Waals surface area contributed by atoms with Gasteiger partial charge in [0.1, 0.15) is 0 Å². The standard InChI is InChI=1S/2CHNS.Cu.O.Zn/c2*2-1-3;;;/h2*3H;;;/q;;+2;-2;+2/p-2. The molecule has 0 aromatic heterocycles. The van der Waals surface area contributed by atoms with Crippen molar-refractivity contribution < 1.29 is 42.0 Å². The molecule has 0 fully saturated rings.